The number of hydrogen-bond acceptors (Lipinski definition) is 6. The number of benzene rings is 1. The molecule has 0 aliphatic carbocycles. The lowest BCUT2D eigenvalue weighted by Crippen LogP contribution is -2.17. The summed E-state index contributed by atoms with van der Waals surface area (Å²) in [7, 11) is 0. The molecule has 0 unspecified atom stereocenters. The Kier molecular flexibility index (Phi) is 3.67. The molecule has 0 saturated heterocycles. The van der Waals surface area contributed by atoms with Crippen molar-refractivity contribution in [3.8, 4) is 18.0 Å². The van der Waals surface area contributed by atoms with Gasteiger partial charge in [-0.05, 0) is 19.1 Å². The van der Waals surface area contributed by atoms with E-state index in [0.717, 1.165) is 21.3 Å². The average molecular weight is 347 g/mol. The molecule has 1 N–H and O–H groups in total. The van der Waals surface area contributed by atoms with Crippen LogP contribution in [0.3, 0.4) is 0 Å². The Morgan fingerprint density at radius 2 is 2.12 bits per heavy atom. The van der Waals surface area contributed by atoms with Crippen molar-refractivity contribution in [2.75, 3.05) is 11.9 Å². The van der Waals surface area contributed by atoms with E-state index in [9.17, 15) is 4.79 Å². The number of fused-ring (bicyclic) bond motifs is 3. The summed E-state index contributed by atoms with van der Waals surface area (Å²) >= 11 is 1.36. The highest BCUT2D eigenvalue weighted by atomic mass is 32.1. The van der Waals surface area contributed by atoms with Crippen LogP contribution in [0.2, 0.25) is 0 Å². The molecule has 0 aliphatic heterocycles. The average Bonchev–Trinajstić information content (AvgIpc) is 3.01. The SMILES string of the molecule is C#CCNc1nncc2sc3c(=O)n(-c4ccc(C)cc4)cnc3c12. The van der Waals surface area contributed by atoms with Gasteiger partial charge in [0.25, 0.3) is 5.56 Å². The van der Waals surface area contributed by atoms with Gasteiger partial charge < -0.3 is 5.32 Å². The van der Waals surface area contributed by atoms with E-state index >= 15 is 0 Å². The standard InChI is InChI=1S/C18H13N5OS/c1-3-8-19-17-14-13(9-21-22-17)25-16-15(14)20-10-23(18(16)24)12-6-4-11(2)5-7-12/h1,4-7,9-10H,8H2,2H3,(H,19,22). The molecule has 3 aromatic heterocycles. The minimum Gasteiger partial charge on any atom is -0.357 e. The molecule has 0 aliphatic rings. The van der Waals surface area contributed by atoms with Gasteiger partial charge in [0.1, 0.15) is 16.5 Å². The predicted molar refractivity (Wildman–Crippen MR) is 100 cm³/mol. The van der Waals surface area contributed by atoms with E-state index in [1.54, 1.807) is 17.1 Å². The van der Waals surface area contributed by atoms with Crippen molar-refractivity contribution in [1.82, 2.24) is 19.7 Å². The molecule has 0 atom stereocenters. The van der Waals surface area contributed by atoms with Crippen LogP contribution in [0.15, 0.2) is 41.6 Å². The molecule has 0 fully saturated rings. The Morgan fingerprint density at radius 3 is 2.88 bits per heavy atom. The number of nitrogens with one attached hydrogen (secondary N) is 1. The molecule has 3 heterocycles. The van der Waals surface area contributed by atoms with E-state index in [0.29, 0.717) is 22.6 Å². The van der Waals surface area contributed by atoms with Gasteiger partial charge in [0, 0.05) is 0 Å². The quantitative estimate of drug-likeness (QED) is 0.577. The Bertz CT molecular complexity index is 1180. The molecule has 0 amide bonds. The third-order valence-corrected chi connectivity index (χ3v) is 4.97. The maximum atomic E-state index is 12.9. The Balaban J connectivity index is 1.96. The first kappa shape index (κ1) is 15.3. The summed E-state index contributed by atoms with van der Waals surface area (Å²) in [6.45, 7) is 2.33. The molecule has 7 heteroatoms. The number of anilines is 1. The second-order valence-corrected chi connectivity index (χ2v) is 6.58. The van der Waals surface area contributed by atoms with E-state index in [1.807, 2.05) is 31.2 Å². The first-order valence-corrected chi connectivity index (χ1v) is 8.40. The van der Waals surface area contributed by atoms with Gasteiger partial charge in [-0.2, -0.15) is 5.10 Å². The van der Waals surface area contributed by atoms with Crippen molar-refractivity contribution in [2.24, 2.45) is 0 Å². The number of terminal acetylenes is 1. The number of aryl methyl sites for hydroxylation is 1. The number of thiophene rings is 1. The monoisotopic (exact) mass is 347 g/mol. The van der Waals surface area contributed by atoms with Crippen molar-refractivity contribution in [2.45, 2.75) is 6.92 Å². The molecule has 1 aromatic carbocycles. The van der Waals surface area contributed by atoms with Crippen molar-refractivity contribution < 1.29 is 0 Å². The van der Waals surface area contributed by atoms with E-state index in [-0.39, 0.29) is 5.56 Å². The second-order valence-electron chi connectivity index (χ2n) is 5.53. The van der Waals surface area contributed by atoms with E-state index in [2.05, 4.69) is 26.4 Å². The van der Waals surface area contributed by atoms with Crippen LogP contribution >= 0.6 is 11.3 Å². The zero-order valence-corrected chi connectivity index (χ0v) is 14.2. The van der Waals surface area contributed by atoms with Crippen molar-refractivity contribution >= 4 is 37.5 Å². The zero-order valence-electron chi connectivity index (χ0n) is 13.4. The van der Waals surface area contributed by atoms with Crippen molar-refractivity contribution in [1.29, 1.82) is 0 Å². The molecule has 4 rings (SSSR count). The first-order valence-electron chi connectivity index (χ1n) is 7.59. The van der Waals surface area contributed by atoms with Crippen LogP contribution in [0.25, 0.3) is 26.0 Å². The van der Waals surface area contributed by atoms with E-state index in [1.165, 1.54) is 11.3 Å². The van der Waals surface area contributed by atoms with Gasteiger partial charge in [-0.25, -0.2) is 4.98 Å². The smallest absolute Gasteiger partial charge is 0.275 e. The lowest BCUT2D eigenvalue weighted by molar-refractivity contribution is 0.966. The normalized spacial score (nSPS) is 10.9. The second kappa shape index (κ2) is 6.00. The Hall–Kier alpha value is -3.24. The van der Waals surface area contributed by atoms with E-state index in [4.69, 9.17) is 6.42 Å². The van der Waals surface area contributed by atoms with Gasteiger partial charge in [-0.1, -0.05) is 23.6 Å². The molecule has 122 valence electrons. The molecule has 0 saturated carbocycles. The lowest BCUT2D eigenvalue weighted by atomic mass is 10.2. The van der Waals surface area contributed by atoms with Crippen molar-refractivity contribution in [3.05, 3.63) is 52.7 Å². The fourth-order valence-corrected chi connectivity index (χ4v) is 3.69. The molecule has 0 bridgehead atoms. The molecular weight excluding hydrogens is 334 g/mol. The molecule has 4 aromatic rings. The summed E-state index contributed by atoms with van der Waals surface area (Å²) < 4.78 is 2.96. The van der Waals surface area contributed by atoms with Gasteiger partial charge in [0.2, 0.25) is 0 Å². The molecular formula is C18H13N5OS. The van der Waals surface area contributed by atoms with Crippen LogP contribution in [-0.2, 0) is 0 Å². The van der Waals surface area contributed by atoms with Crippen LogP contribution in [-0.4, -0.2) is 26.3 Å². The molecule has 0 radical (unpaired) electrons. The van der Waals surface area contributed by atoms with E-state index < -0.39 is 0 Å². The summed E-state index contributed by atoms with van der Waals surface area (Å²) in [6.07, 6.45) is 8.49. The molecule has 6 nitrogen and oxygen atoms in total. The minimum atomic E-state index is -0.113. The largest absolute Gasteiger partial charge is 0.357 e. The highest BCUT2D eigenvalue weighted by Gasteiger charge is 2.16. The highest BCUT2D eigenvalue weighted by molar-refractivity contribution is 7.25. The third-order valence-electron chi connectivity index (χ3n) is 3.87. The third kappa shape index (κ3) is 2.53. The van der Waals surface area contributed by atoms with Gasteiger partial charge in [-0.3, -0.25) is 9.36 Å². The number of nitrogens with zero attached hydrogens (tertiary/aromatic N) is 4. The lowest BCUT2D eigenvalue weighted by Gasteiger charge is -2.06. The first-order chi connectivity index (χ1) is 12.2. The molecule has 25 heavy (non-hydrogen) atoms. The highest BCUT2D eigenvalue weighted by Crippen LogP contribution is 2.33. The summed E-state index contributed by atoms with van der Waals surface area (Å²) in [5.41, 5.74) is 2.42. The Labute approximate surface area is 147 Å². The van der Waals surface area contributed by atoms with Crippen LogP contribution in [0.4, 0.5) is 5.82 Å². The minimum absolute atomic E-state index is 0.113. The fourth-order valence-electron chi connectivity index (χ4n) is 2.64. The Morgan fingerprint density at radius 1 is 1.32 bits per heavy atom. The van der Waals surface area contributed by atoms with Gasteiger partial charge in [0.05, 0.1) is 28.5 Å². The van der Waals surface area contributed by atoms with Gasteiger partial charge >= 0.3 is 0 Å². The summed E-state index contributed by atoms with van der Waals surface area (Å²) in [4.78, 5) is 17.5. The summed E-state index contributed by atoms with van der Waals surface area (Å²) in [5.74, 6) is 3.05. The maximum Gasteiger partial charge on any atom is 0.275 e. The van der Waals surface area contributed by atoms with Crippen LogP contribution in [0.5, 0.6) is 0 Å². The zero-order chi connectivity index (χ0) is 17.4. The van der Waals surface area contributed by atoms with Gasteiger partial charge in [-0.15, -0.1) is 22.9 Å². The number of hydrogen-bond donors (Lipinski definition) is 1. The van der Waals surface area contributed by atoms with Crippen LogP contribution in [0, 0.1) is 19.3 Å². The topological polar surface area (TPSA) is 72.7 Å². The number of rotatable bonds is 3. The van der Waals surface area contributed by atoms with Crippen LogP contribution in [0.1, 0.15) is 5.56 Å². The maximum absolute atomic E-state index is 12.9. The fraction of sp³-hybridized carbons (Fsp3) is 0.111. The van der Waals surface area contributed by atoms with Gasteiger partial charge in [0.15, 0.2) is 5.82 Å². The van der Waals surface area contributed by atoms with Crippen molar-refractivity contribution in [3.63, 3.8) is 0 Å². The van der Waals surface area contributed by atoms with Crippen LogP contribution < -0.4 is 10.9 Å². The molecule has 0 spiro atoms. The summed E-state index contributed by atoms with van der Waals surface area (Å²) in [5, 5.41) is 11.9. The summed E-state index contributed by atoms with van der Waals surface area (Å²) in [6, 6.07) is 7.74. The predicted octanol–water partition coefficient (Wildman–Crippen LogP) is 2.74. The number of aromatic nitrogens is 4.